The molecule has 0 aliphatic carbocycles. The number of nitrogens with zero attached hydrogens (tertiary/aromatic N) is 1. The smallest absolute Gasteiger partial charge is 0.0900 e. The zero-order chi connectivity index (χ0) is 10.4. The van der Waals surface area contributed by atoms with Crippen LogP contribution in [0.4, 0.5) is 0 Å². The monoisotopic (exact) mass is 201 g/mol. The number of rotatable bonds is 5. The van der Waals surface area contributed by atoms with E-state index in [1.54, 1.807) is 7.11 Å². The Labute approximate surface area is 87.1 Å². The van der Waals surface area contributed by atoms with Gasteiger partial charge in [0.25, 0.3) is 0 Å². The lowest BCUT2D eigenvalue weighted by Gasteiger charge is -2.36. The van der Waals surface area contributed by atoms with E-state index in [4.69, 9.17) is 4.74 Å². The van der Waals surface area contributed by atoms with Crippen molar-refractivity contribution in [1.29, 1.82) is 0 Å². The summed E-state index contributed by atoms with van der Waals surface area (Å²) in [5.74, 6) is 0. The van der Waals surface area contributed by atoms with Gasteiger partial charge in [-0.3, -0.25) is 4.90 Å². The Balaban J connectivity index is 2.32. The molecule has 1 fully saturated rings. The van der Waals surface area contributed by atoms with Gasteiger partial charge in [-0.2, -0.15) is 0 Å². The minimum absolute atomic E-state index is 0.327. The van der Waals surface area contributed by atoms with E-state index in [2.05, 4.69) is 11.8 Å². The molecule has 1 saturated heterocycles. The Hall–Kier alpha value is -0.120. The average Bonchev–Trinajstić information content (AvgIpc) is 2.19. The highest BCUT2D eigenvalue weighted by Gasteiger charge is 2.22. The number of hydrogen-bond acceptors (Lipinski definition) is 3. The number of hydrogen-bond donors (Lipinski definition) is 1. The van der Waals surface area contributed by atoms with Crippen LogP contribution in [-0.2, 0) is 4.74 Å². The van der Waals surface area contributed by atoms with Crippen LogP contribution in [0.25, 0.3) is 0 Å². The van der Waals surface area contributed by atoms with Gasteiger partial charge in [0.15, 0.2) is 0 Å². The summed E-state index contributed by atoms with van der Waals surface area (Å²) in [6, 6.07) is 0.676. The molecule has 1 aliphatic heterocycles. The molecule has 0 aromatic heterocycles. The van der Waals surface area contributed by atoms with E-state index in [0.717, 1.165) is 13.1 Å². The molecule has 1 heterocycles. The van der Waals surface area contributed by atoms with Crippen molar-refractivity contribution in [2.24, 2.45) is 0 Å². The molecule has 0 radical (unpaired) electrons. The predicted molar refractivity (Wildman–Crippen MR) is 57.4 cm³/mol. The maximum Gasteiger partial charge on any atom is 0.0900 e. The van der Waals surface area contributed by atoms with Gasteiger partial charge in [0, 0.05) is 19.7 Å². The number of β-amino-alcohol motifs (C(OH)–C–C–N with tert-alkyl or cyclic N) is 1. The van der Waals surface area contributed by atoms with Crippen LogP contribution in [0.5, 0.6) is 0 Å². The predicted octanol–water partition coefficient (Wildman–Crippen LogP) is 1.26. The van der Waals surface area contributed by atoms with E-state index >= 15 is 0 Å². The van der Waals surface area contributed by atoms with Crippen molar-refractivity contribution in [3.05, 3.63) is 0 Å². The summed E-state index contributed by atoms with van der Waals surface area (Å²) in [5.41, 5.74) is 0. The summed E-state index contributed by atoms with van der Waals surface area (Å²) < 4.78 is 4.94. The third-order valence-electron chi connectivity index (χ3n) is 3.02. The fourth-order valence-electron chi connectivity index (χ4n) is 2.28. The first kappa shape index (κ1) is 12.0. The van der Waals surface area contributed by atoms with E-state index in [9.17, 15) is 5.11 Å². The Morgan fingerprint density at radius 2 is 2.29 bits per heavy atom. The molecule has 1 rings (SSSR count). The van der Waals surface area contributed by atoms with Gasteiger partial charge in [-0.15, -0.1) is 0 Å². The molecule has 14 heavy (non-hydrogen) atoms. The third kappa shape index (κ3) is 3.56. The molecule has 84 valence electrons. The summed E-state index contributed by atoms with van der Waals surface area (Å²) in [7, 11) is 1.64. The minimum atomic E-state index is -0.327. The van der Waals surface area contributed by atoms with Crippen molar-refractivity contribution in [3.8, 4) is 0 Å². The molecule has 1 N–H and O–H groups in total. The van der Waals surface area contributed by atoms with Gasteiger partial charge in [0.05, 0.1) is 12.7 Å². The van der Waals surface area contributed by atoms with E-state index in [-0.39, 0.29) is 6.10 Å². The van der Waals surface area contributed by atoms with Gasteiger partial charge >= 0.3 is 0 Å². The Morgan fingerprint density at radius 3 is 2.93 bits per heavy atom. The van der Waals surface area contributed by atoms with Crippen molar-refractivity contribution in [3.63, 3.8) is 0 Å². The molecule has 0 aromatic carbocycles. The first-order chi connectivity index (χ1) is 6.77. The van der Waals surface area contributed by atoms with Gasteiger partial charge < -0.3 is 9.84 Å². The van der Waals surface area contributed by atoms with Crippen molar-refractivity contribution >= 4 is 0 Å². The van der Waals surface area contributed by atoms with Crippen molar-refractivity contribution in [2.75, 3.05) is 26.8 Å². The second kappa shape index (κ2) is 6.38. The highest BCUT2D eigenvalue weighted by atomic mass is 16.5. The average molecular weight is 201 g/mol. The molecule has 2 unspecified atom stereocenters. The lowest BCUT2D eigenvalue weighted by molar-refractivity contribution is 0.0174. The van der Waals surface area contributed by atoms with Crippen LogP contribution in [0.1, 0.15) is 32.6 Å². The molecule has 2 atom stereocenters. The number of aliphatic hydroxyl groups excluding tert-OH is 1. The van der Waals surface area contributed by atoms with Crippen LogP contribution in [0.15, 0.2) is 0 Å². The van der Waals surface area contributed by atoms with Crippen molar-refractivity contribution < 1.29 is 9.84 Å². The standard InChI is InChI=1S/C11H23NO2/c1-3-10-6-4-5-7-12(10)8-11(13)9-14-2/h10-11,13H,3-9H2,1-2H3. The fraction of sp³-hybridized carbons (Fsp3) is 1.00. The highest BCUT2D eigenvalue weighted by molar-refractivity contribution is 4.77. The molecule has 3 heteroatoms. The first-order valence-corrected chi connectivity index (χ1v) is 5.69. The summed E-state index contributed by atoms with van der Waals surface area (Å²) in [4.78, 5) is 2.41. The zero-order valence-electron chi connectivity index (χ0n) is 9.41. The summed E-state index contributed by atoms with van der Waals surface area (Å²) in [6.45, 7) is 4.59. The fourth-order valence-corrected chi connectivity index (χ4v) is 2.28. The van der Waals surface area contributed by atoms with Crippen LogP contribution in [0, 0.1) is 0 Å². The Bertz CT molecular complexity index is 152. The molecule has 0 aromatic rings. The maximum atomic E-state index is 9.65. The summed E-state index contributed by atoms with van der Waals surface area (Å²) >= 11 is 0. The quantitative estimate of drug-likeness (QED) is 0.727. The number of piperidine rings is 1. The van der Waals surface area contributed by atoms with Gasteiger partial charge in [0.1, 0.15) is 0 Å². The van der Waals surface area contributed by atoms with Crippen LogP contribution in [0.3, 0.4) is 0 Å². The summed E-state index contributed by atoms with van der Waals surface area (Å²) in [6.07, 6.45) is 4.77. The molecular formula is C11H23NO2. The number of likely N-dealkylation sites (tertiary alicyclic amines) is 1. The van der Waals surface area contributed by atoms with Gasteiger partial charge in [0.2, 0.25) is 0 Å². The number of aliphatic hydroxyl groups is 1. The van der Waals surface area contributed by atoms with Crippen molar-refractivity contribution in [2.45, 2.75) is 44.8 Å². The van der Waals surface area contributed by atoms with E-state index in [1.165, 1.54) is 25.7 Å². The van der Waals surface area contributed by atoms with Crippen LogP contribution >= 0.6 is 0 Å². The van der Waals surface area contributed by atoms with Gasteiger partial charge in [-0.25, -0.2) is 0 Å². The molecule has 3 nitrogen and oxygen atoms in total. The second-order valence-electron chi connectivity index (χ2n) is 4.16. The molecule has 0 amide bonds. The van der Waals surface area contributed by atoms with E-state index in [0.29, 0.717) is 12.6 Å². The van der Waals surface area contributed by atoms with Crippen LogP contribution < -0.4 is 0 Å². The lowest BCUT2D eigenvalue weighted by atomic mass is 10.00. The SMILES string of the molecule is CCC1CCCCN1CC(O)COC. The van der Waals surface area contributed by atoms with Crippen LogP contribution in [0.2, 0.25) is 0 Å². The maximum absolute atomic E-state index is 9.65. The summed E-state index contributed by atoms with van der Waals surface area (Å²) in [5, 5.41) is 9.65. The number of ether oxygens (including phenoxy) is 1. The highest BCUT2D eigenvalue weighted by Crippen LogP contribution is 2.19. The van der Waals surface area contributed by atoms with Gasteiger partial charge in [-0.1, -0.05) is 13.3 Å². The third-order valence-corrected chi connectivity index (χ3v) is 3.02. The molecule has 0 spiro atoms. The van der Waals surface area contributed by atoms with Crippen LogP contribution in [-0.4, -0.2) is 49.0 Å². The van der Waals surface area contributed by atoms with E-state index in [1.807, 2.05) is 0 Å². The molecule has 0 bridgehead atoms. The molecule has 0 saturated carbocycles. The van der Waals surface area contributed by atoms with Gasteiger partial charge in [-0.05, 0) is 25.8 Å². The van der Waals surface area contributed by atoms with Crippen molar-refractivity contribution in [1.82, 2.24) is 4.90 Å². The topological polar surface area (TPSA) is 32.7 Å². The molecular weight excluding hydrogens is 178 g/mol. The first-order valence-electron chi connectivity index (χ1n) is 5.69. The van der Waals surface area contributed by atoms with E-state index < -0.39 is 0 Å². The Kier molecular flexibility index (Phi) is 5.45. The normalized spacial score (nSPS) is 26.4. The molecule has 1 aliphatic rings. The zero-order valence-corrected chi connectivity index (χ0v) is 9.41. The second-order valence-corrected chi connectivity index (χ2v) is 4.16. The lowest BCUT2D eigenvalue weighted by Crippen LogP contribution is -2.44. The minimum Gasteiger partial charge on any atom is -0.389 e. The largest absolute Gasteiger partial charge is 0.389 e. The Morgan fingerprint density at radius 1 is 1.50 bits per heavy atom. The number of methoxy groups -OCH3 is 1.